The lowest BCUT2D eigenvalue weighted by Gasteiger charge is -2.26. The van der Waals surface area contributed by atoms with Gasteiger partial charge in [-0.2, -0.15) is 0 Å². The van der Waals surface area contributed by atoms with Gasteiger partial charge in [-0.05, 0) is 17.7 Å². The minimum absolute atomic E-state index is 0.0444. The Morgan fingerprint density at radius 1 is 1.38 bits per heavy atom. The molecular weight excluding hydrogens is 273 g/mol. The Hall–Kier alpha value is -1.91. The van der Waals surface area contributed by atoms with Gasteiger partial charge in [0.25, 0.3) is 0 Å². The highest BCUT2D eigenvalue weighted by Gasteiger charge is 2.24. The number of benzene rings is 1. The summed E-state index contributed by atoms with van der Waals surface area (Å²) in [7, 11) is 1.29. The number of hydrogen-bond donors (Lipinski definition) is 1. The van der Waals surface area contributed by atoms with Crippen molar-refractivity contribution in [3.63, 3.8) is 0 Å². The van der Waals surface area contributed by atoms with E-state index >= 15 is 0 Å². The Balaban J connectivity index is 2.60. The second kappa shape index (κ2) is 7.20. The number of esters is 1. The molecule has 0 unspecified atom stereocenters. The summed E-state index contributed by atoms with van der Waals surface area (Å²) in [6.45, 7) is 5.88. The molecule has 1 atom stereocenters. The maximum absolute atomic E-state index is 13.3. The summed E-state index contributed by atoms with van der Waals surface area (Å²) in [6, 6.07) is 6.32. The molecule has 0 radical (unpaired) electrons. The van der Waals surface area contributed by atoms with E-state index in [1.54, 1.807) is 13.0 Å². The van der Waals surface area contributed by atoms with E-state index in [4.69, 9.17) is 0 Å². The lowest BCUT2D eigenvalue weighted by molar-refractivity contribution is -0.143. The van der Waals surface area contributed by atoms with Crippen molar-refractivity contribution in [1.29, 1.82) is 0 Å². The average molecular weight is 295 g/mol. The van der Waals surface area contributed by atoms with Crippen LogP contribution >= 0.6 is 0 Å². The maximum Gasteiger partial charge on any atom is 0.306 e. The van der Waals surface area contributed by atoms with E-state index < -0.39 is 17.3 Å². The summed E-state index contributed by atoms with van der Waals surface area (Å²) >= 11 is 0. The van der Waals surface area contributed by atoms with E-state index in [1.807, 2.05) is 19.9 Å². The molecule has 1 rings (SSSR count). The van der Waals surface area contributed by atoms with E-state index in [2.05, 4.69) is 10.1 Å². The highest BCUT2D eigenvalue weighted by molar-refractivity contribution is 5.83. The van der Waals surface area contributed by atoms with Crippen LogP contribution in [0.5, 0.6) is 0 Å². The van der Waals surface area contributed by atoms with Gasteiger partial charge >= 0.3 is 5.97 Å². The molecule has 0 aliphatic rings. The summed E-state index contributed by atoms with van der Waals surface area (Å²) in [4.78, 5) is 23.1. The zero-order valence-electron chi connectivity index (χ0n) is 12.9. The van der Waals surface area contributed by atoms with Gasteiger partial charge in [0.15, 0.2) is 0 Å². The Morgan fingerprint density at radius 3 is 2.62 bits per heavy atom. The minimum atomic E-state index is -0.458. The van der Waals surface area contributed by atoms with Gasteiger partial charge in [0.05, 0.1) is 13.5 Å². The Kier molecular flexibility index (Phi) is 5.88. The smallest absolute Gasteiger partial charge is 0.306 e. The van der Waals surface area contributed by atoms with Crippen LogP contribution in [0.1, 0.15) is 32.8 Å². The lowest BCUT2D eigenvalue weighted by Crippen LogP contribution is -2.39. The number of ether oxygens (including phenoxy) is 1. The topological polar surface area (TPSA) is 55.4 Å². The van der Waals surface area contributed by atoms with Crippen LogP contribution in [0, 0.1) is 11.7 Å². The molecule has 0 fully saturated rings. The van der Waals surface area contributed by atoms with Crippen molar-refractivity contribution in [2.75, 3.05) is 13.7 Å². The fourth-order valence-corrected chi connectivity index (χ4v) is 1.92. The molecule has 0 spiro atoms. The van der Waals surface area contributed by atoms with Gasteiger partial charge in [0, 0.05) is 17.9 Å². The second-order valence-electron chi connectivity index (χ2n) is 5.79. The van der Waals surface area contributed by atoms with Crippen LogP contribution < -0.4 is 5.32 Å². The molecule has 4 nitrogen and oxygen atoms in total. The number of carbonyl (C=O) groups is 2. The lowest BCUT2D eigenvalue weighted by atomic mass is 9.84. The predicted molar refractivity (Wildman–Crippen MR) is 78.2 cm³/mol. The van der Waals surface area contributed by atoms with Crippen LogP contribution in [0.4, 0.5) is 4.39 Å². The second-order valence-corrected chi connectivity index (χ2v) is 5.79. The summed E-state index contributed by atoms with van der Waals surface area (Å²) in [5.74, 6) is -1.39. The molecule has 116 valence electrons. The van der Waals surface area contributed by atoms with Crippen LogP contribution in [-0.2, 0) is 19.7 Å². The van der Waals surface area contributed by atoms with Gasteiger partial charge in [0.2, 0.25) is 5.91 Å². The zero-order chi connectivity index (χ0) is 16.0. The number of carbonyl (C=O) groups excluding carboxylic acids is 2. The average Bonchev–Trinajstić information content (AvgIpc) is 2.44. The molecule has 21 heavy (non-hydrogen) atoms. The molecule has 0 saturated carbocycles. The van der Waals surface area contributed by atoms with Crippen LogP contribution in [0.2, 0.25) is 0 Å². The van der Waals surface area contributed by atoms with Crippen molar-refractivity contribution in [3.8, 4) is 0 Å². The monoisotopic (exact) mass is 295 g/mol. The number of nitrogens with one attached hydrogen (secondary N) is 1. The first-order valence-electron chi connectivity index (χ1n) is 6.87. The number of rotatable bonds is 6. The molecule has 5 heteroatoms. The quantitative estimate of drug-likeness (QED) is 0.820. The Morgan fingerprint density at radius 2 is 2.05 bits per heavy atom. The molecule has 0 aromatic heterocycles. The van der Waals surface area contributed by atoms with Crippen molar-refractivity contribution in [1.82, 2.24) is 5.32 Å². The summed E-state index contributed by atoms with van der Waals surface area (Å²) in [5, 5.41) is 2.80. The van der Waals surface area contributed by atoms with Gasteiger partial charge in [0.1, 0.15) is 5.82 Å². The zero-order valence-corrected chi connectivity index (χ0v) is 12.9. The predicted octanol–water partition coefficient (Wildman–Crippen LogP) is 2.42. The standard InChI is InChI=1S/C16H22FNO3/c1-11(8-14(19)21-4)15(20)18-10-16(2,3)12-6-5-7-13(17)9-12/h5-7,9,11H,8,10H2,1-4H3,(H,18,20)/t11-/m0/s1. The van der Waals surface area contributed by atoms with Crippen LogP contribution in [0.3, 0.4) is 0 Å². The maximum atomic E-state index is 13.3. The molecule has 0 aliphatic carbocycles. The van der Waals surface area contributed by atoms with Crippen LogP contribution in [0.15, 0.2) is 24.3 Å². The SMILES string of the molecule is COC(=O)C[C@H](C)C(=O)NCC(C)(C)c1cccc(F)c1. The molecule has 1 amide bonds. The number of hydrogen-bond acceptors (Lipinski definition) is 3. The number of methoxy groups -OCH3 is 1. The summed E-state index contributed by atoms with van der Waals surface area (Å²) in [6.07, 6.45) is 0.0444. The van der Waals surface area contributed by atoms with E-state index in [0.29, 0.717) is 6.54 Å². The third kappa shape index (κ3) is 5.17. The van der Waals surface area contributed by atoms with Crippen molar-refractivity contribution in [3.05, 3.63) is 35.6 Å². The van der Waals surface area contributed by atoms with E-state index in [0.717, 1.165) is 5.56 Å². The van der Waals surface area contributed by atoms with E-state index in [-0.39, 0.29) is 18.1 Å². The molecule has 0 saturated heterocycles. The Labute approximate surface area is 124 Å². The van der Waals surface area contributed by atoms with Crippen LogP contribution in [0.25, 0.3) is 0 Å². The van der Waals surface area contributed by atoms with Crippen molar-refractivity contribution in [2.45, 2.75) is 32.6 Å². The van der Waals surface area contributed by atoms with Crippen molar-refractivity contribution in [2.24, 2.45) is 5.92 Å². The fourth-order valence-electron chi connectivity index (χ4n) is 1.92. The molecule has 1 N–H and O–H groups in total. The normalized spacial score (nSPS) is 12.6. The molecule has 1 aromatic carbocycles. The molecule has 0 heterocycles. The van der Waals surface area contributed by atoms with Crippen LogP contribution in [-0.4, -0.2) is 25.5 Å². The third-order valence-electron chi connectivity index (χ3n) is 3.46. The summed E-state index contributed by atoms with van der Waals surface area (Å²) in [5.41, 5.74) is 0.409. The molecule has 0 bridgehead atoms. The number of halogens is 1. The molecular formula is C16H22FNO3. The third-order valence-corrected chi connectivity index (χ3v) is 3.46. The first kappa shape index (κ1) is 17.1. The summed E-state index contributed by atoms with van der Waals surface area (Å²) < 4.78 is 17.8. The van der Waals surface area contributed by atoms with Gasteiger partial charge in [-0.3, -0.25) is 9.59 Å². The van der Waals surface area contributed by atoms with E-state index in [1.165, 1.54) is 19.2 Å². The minimum Gasteiger partial charge on any atom is -0.469 e. The Bertz CT molecular complexity index is 514. The van der Waals surface area contributed by atoms with Gasteiger partial charge in [-0.25, -0.2) is 4.39 Å². The van der Waals surface area contributed by atoms with Gasteiger partial charge < -0.3 is 10.1 Å². The van der Waals surface area contributed by atoms with Gasteiger partial charge in [-0.15, -0.1) is 0 Å². The highest BCUT2D eigenvalue weighted by atomic mass is 19.1. The fraction of sp³-hybridized carbons (Fsp3) is 0.500. The van der Waals surface area contributed by atoms with E-state index in [9.17, 15) is 14.0 Å². The first-order chi connectivity index (χ1) is 9.76. The largest absolute Gasteiger partial charge is 0.469 e. The number of amides is 1. The van der Waals surface area contributed by atoms with Gasteiger partial charge in [-0.1, -0.05) is 32.9 Å². The highest BCUT2D eigenvalue weighted by Crippen LogP contribution is 2.23. The molecule has 0 aliphatic heterocycles. The molecule has 1 aromatic rings. The first-order valence-corrected chi connectivity index (χ1v) is 6.87. The van der Waals surface area contributed by atoms with Crippen molar-refractivity contribution < 1.29 is 18.7 Å². The van der Waals surface area contributed by atoms with Crippen molar-refractivity contribution >= 4 is 11.9 Å².